The van der Waals surface area contributed by atoms with Crippen LogP contribution in [0.5, 0.6) is 23.0 Å². The molecule has 210 valence electrons. The third kappa shape index (κ3) is 5.46. The topological polar surface area (TPSA) is 111 Å². The number of phenolic OH excluding ortho intramolecular Hbond substituents is 1. The Balaban J connectivity index is 1.67. The number of thiazole rings is 1. The number of anilines is 1. The fourth-order valence-corrected chi connectivity index (χ4v) is 5.76. The Morgan fingerprint density at radius 1 is 1.07 bits per heavy atom. The molecule has 1 aromatic heterocycles. The van der Waals surface area contributed by atoms with E-state index in [1.54, 1.807) is 41.8 Å². The number of aromatic nitrogens is 1. The first-order chi connectivity index (χ1) is 19.8. The van der Waals surface area contributed by atoms with Crippen LogP contribution in [0.4, 0.5) is 5.69 Å². The molecule has 1 aliphatic heterocycles. The highest BCUT2D eigenvalue weighted by atomic mass is 32.1. The van der Waals surface area contributed by atoms with Gasteiger partial charge in [0, 0.05) is 5.69 Å². The van der Waals surface area contributed by atoms with Crippen molar-refractivity contribution in [1.82, 2.24) is 4.57 Å². The normalized spacial score (nSPS) is 14.7. The lowest BCUT2D eigenvalue weighted by atomic mass is 9.95. The number of rotatable bonds is 8. The van der Waals surface area contributed by atoms with Gasteiger partial charge in [0.1, 0.15) is 5.75 Å². The van der Waals surface area contributed by atoms with Crippen molar-refractivity contribution >= 4 is 29.0 Å². The maximum atomic E-state index is 14.0. The fourth-order valence-electron chi connectivity index (χ4n) is 4.71. The number of nitrogens with zero attached hydrogens (tertiary/aromatic N) is 2. The number of phenols is 1. The van der Waals surface area contributed by atoms with E-state index in [1.807, 2.05) is 49.4 Å². The molecule has 0 saturated heterocycles. The minimum atomic E-state index is -0.725. The number of methoxy groups -OCH3 is 2. The number of carbonyl (C=O) groups is 1. The quantitative estimate of drug-likeness (QED) is 0.331. The van der Waals surface area contributed by atoms with E-state index in [0.717, 1.165) is 5.56 Å². The number of benzene rings is 3. The van der Waals surface area contributed by atoms with Gasteiger partial charge in [0.05, 0.1) is 42.7 Å². The van der Waals surface area contributed by atoms with Gasteiger partial charge in [-0.05, 0) is 67.4 Å². The number of ether oxygens (including phenoxy) is 3. The SMILES string of the molecule is CCOc1ccc([C@H]2C(C(=O)Nc3ccccc3)=C(C)N=c3s/c(=C/c4cc(OC)c(O)c(OC)c4)c(=O)n32)cc1. The smallest absolute Gasteiger partial charge is 0.271 e. The molecular formula is C31H29N3O6S. The van der Waals surface area contributed by atoms with Crippen LogP contribution in [0.15, 0.2) is 87.8 Å². The van der Waals surface area contributed by atoms with Gasteiger partial charge in [-0.3, -0.25) is 14.2 Å². The molecule has 4 aromatic rings. The molecule has 2 heterocycles. The Morgan fingerprint density at radius 3 is 2.34 bits per heavy atom. The monoisotopic (exact) mass is 571 g/mol. The lowest BCUT2D eigenvalue weighted by Gasteiger charge is -2.25. The van der Waals surface area contributed by atoms with Crippen LogP contribution < -0.4 is 34.4 Å². The van der Waals surface area contributed by atoms with Crippen LogP contribution in [0.3, 0.4) is 0 Å². The Kier molecular flexibility index (Phi) is 7.93. The largest absolute Gasteiger partial charge is 0.502 e. The van der Waals surface area contributed by atoms with E-state index in [9.17, 15) is 14.7 Å². The van der Waals surface area contributed by atoms with Gasteiger partial charge in [-0.1, -0.05) is 41.7 Å². The van der Waals surface area contributed by atoms with Crippen LogP contribution in [-0.4, -0.2) is 36.4 Å². The molecule has 0 radical (unpaired) electrons. The van der Waals surface area contributed by atoms with Crippen molar-refractivity contribution in [3.05, 3.63) is 109 Å². The summed E-state index contributed by atoms with van der Waals surface area (Å²) in [6.45, 7) is 4.20. The first-order valence-electron chi connectivity index (χ1n) is 12.9. The van der Waals surface area contributed by atoms with Crippen molar-refractivity contribution in [2.45, 2.75) is 19.9 Å². The summed E-state index contributed by atoms with van der Waals surface area (Å²) in [5.41, 5.74) is 2.54. The maximum Gasteiger partial charge on any atom is 0.271 e. The number of amides is 1. The summed E-state index contributed by atoms with van der Waals surface area (Å²) in [4.78, 5) is 32.8. The summed E-state index contributed by atoms with van der Waals surface area (Å²) in [5, 5.41) is 13.3. The molecule has 0 spiro atoms. The number of allylic oxidation sites excluding steroid dienone is 1. The highest BCUT2D eigenvalue weighted by molar-refractivity contribution is 7.07. The van der Waals surface area contributed by atoms with Gasteiger partial charge in [-0.2, -0.15) is 0 Å². The minimum absolute atomic E-state index is 0.131. The van der Waals surface area contributed by atoms with Crippen molar-refractivity contribution in [3.8, 4) is 23.0 Å². The summed E-state index contributed by atoms with van der Waals surface area (Å²) in [7, 11) is 2.88. The van der Waals surface area contributed by atoms with E-state index >= 15 is 0 Å². The second-order valence-corrected chi connectivity index (χ2v) is 10.2. The number of nitrogens with one attached hydrogen (secondary N) is 1. The van der Waals surface area contributed by atoms with Crippen LogP contribution >= 0.6 is 11.3 Å². The van der Waals surface area contributed by atoms with Gasteiger partial charge in [0.2, 0.25) is 5.75 Å². The average Bonchev–Trinajstić information content (AvgIpc) is 3.28. The zero-order valence-corrected chi connectivity index (χ0v) is 23.8. The van der Waals surface area contributed by atoms with E-state index in [2.05, 4.69) is 10.3 Å². The molecule has 0 saturated carbocycles. The van der Waals surface area contributed by atoms with Crippen molar-refractivity contribution in [2.24, 2.45) is 4.99 Å². The van der Waals surface area contributed by atoms with Crippen LogP contribution in [0.2, 0.25) is 0 Å². The highest BCUT2D eigenvalue weighted by Gasteiger charge is 2.32. The Labute approximate surface area is 240 Å². The summed E-state index contributed by atoms with van der Waals surface area (Å²) in [5.74, 6) is 0.639. The molecule has 1 atom stereocenters. The van der Waals surface area contributed by atoms with Crippen LogP contribution in [-0.2, 0) is 4.79 Å². The number of hydrogen-bond acceptors (Lipinski definition) is 8. The molecule has 1 aliphatic rings. The van der Waals surface area contributed by atoms with E-state index in [0.29, 0.717) is 44.2 Å². The molecule has 0 bridgehead atoms. The molecule has 0 unspecified atom stereocenters. The third-order valence-electron chi connectivity index (χ3n) is 6.60. The van der Waals surface area contributed by atoms with Crippen LogP contribution in [0.1, 0.15) is 31.0 Å². The number of para-hydroxylation sites is 1. The van der Waals surface area contributed by atoms with Crippen molar-refractivity contribution in [2.75, 3.05) is 26.1 Å². The summed E-state index contributed by atoms with van der Waals surface area (Å²) < 4.78 is 18.1. The number of carbonyl (C=O) groups excluding carboxylic acids is 1. The predicted octanol–water partition coefficient (Wildman–Crippen LogP) is 4.00. The second kappa shape index (κ2) is 11.7. The molecule has 3 aromatic carbocycles. The summed E-state index contributed by atoms with van der Waals surface area (Å²) in [6.07, 6.45) is 1.69. The molecule has 1 amide bonds. The van der Waals surface area contributed by atoms with Crippen molar-refractivity contribution in [1.29, 1.82) is 0 Å². The number of aromatic hydroxyl groups is 1. The average molecular weight is 572 g/mol. The highest BCUT2D eigenvalue weighted by Crippen LogP contribution is 2.37. The Hall–Kier alpha value is -4.83. The lowest BCUT2D eigenvalue weighted by Crippen LogP contribution is -2.40. The molecule has 0 aliphatic carbocycles. The van der Waals surface area contributed by atoms with Gasteiger partial charge in [-0.15, -0.1) is 0 Å². The molecule has 5 rings (SSSR count). The predicted molar refractivity (Wildman–Crippen MR) is 158 cm³/mol. The van der Waals surface area contributed by atoms with Crippen molar-refractivity contribution in [3.63, 3.8) is 0 Å². The van der Waals surface area contributed by atoms with E-state index in [1.165, 1.54) is 25.6 Å². The molecule has 10 heteroatoms. The van der Waals surface area contributed by atoms with Gasteiger partial charge >= 0.3 is 0 Å². The summed E-state index contributed by atoms with van der Waals surface area (Å²) in [6, 6.07) is 19.0. The summed E-state index contributed by atoms with van der Waals surface area (Å²) >= 11 is 1.21. The van der Waals surface area contributed by atoms with Crippen molar-refractivity contribution < 1.29 is 24.1 Å². The molecule has 41 heavy (non-hydrogen) atoms. The van der Waals surface area contributed by atoms with Crippen LogP contribution in [0, 0.1) is 0 Å². The lowest BCUT2D eigenvalue weighted by molar-refractivity contribution is -0.113. The number of fused-ring (bicyclic) bond motifs is 1. The van der Waals surface area contributed by atoms with E-state index in [-0.39, 0.29) is 28.7 Å². The molecule has 2 N–H and O–H groups in total. The molecule has 9 nitrogen and oxygen atoms in total. The van der Waals surface area contributed by atoms with Gasteiger partial charge < -0.3 is 24.6 Å². The van der Waals surface area contributed by atoms with Crippen LogP contribution in [0.25, 0.3) is 6.08 Å². The Bertz CT molecular complexity index is 1780. The first kappa shape index (κ1) is 27.7. The first-order valence-corrected chi connectivity index (χ1v) is 13.7. The van der Waals surface area contributed by atoms with E-state index < -0.39 is 6.04 Å². The van der Waals surface area contributed by atoms with Gasteiger partial charge in [0.15, 0.2) is 16.3 Å². The molecular weight excluding hydrogens is 542 g/mol. The zero-order valence-electron chi connectivity index (χ0n) is 23.0. The maximum absolute atomic E-state index is 14.0. The van der Waals surface area contributed by atoms with Gasteiger partial charge in [-0.25, -0.2) is 4.99 Å². The molecule has 0 fully saturated rings. The van der Waals surface area contributed by atoms with E-state index in [4.69, 9.17) is 14.2 Å². The van der Waals surface area contributed by atoms with Gasteiger partial charge in [0.25, 0.3) is 11.5 Å². The second-order valence-electron chi connectivity index (χ2n) is 9.18. The third-order valence-corrected chi connectivity index (χ3v) is 7.59. The number of hydrogen-bond donors (Lipinski definition) is 2. The standard InChI is InChI=1S/C31H29N3O6S/c1-5-40-22-13-11-20(12-14-22)27-26(29(36)33-21-9-7-6-8-10-21)18(2)32-31-34(27)30(37)25(41-31)17-19-15-23(38-3)28(35)24(16-19)39-4/h6-17,27,35H,5H2,1-4H3,(H,33,36)/b25-17+/t27-/m0/s1. The Morgan fingerprint density at radius 2 is 1.73 bits per heavy atom. The zero-order chi connectivity index (χ0) is 29.1. The fraction of sp³-hybridized carbons (Fsp3) is 0.194. The minimum Gasteiger partial charge on any atom is -0.502 e.